The Morgan fingerprint density at radius 1 is 1.26 bits per heavy atom. The molecule has 0 saturated heterocycles. The van der Waals surface area contributed by atoms with E-state index in [0.717, 1.165) is 24.0 Å². The zero-order valence-corrected chi connectivity index (χ0v) is 11.4. The topological polar surface area (TPSA) is 0 Å². The summed E-state index contributed by atoms with van der Waals surface area (Å²) in [5, 5.41) is 0. The highest BCUT2D eigenvalue weighted by Gasteiger charge is 2.45. The van der Waals surface area contributed by atoms with Gasteiger partial charge in [-0.2, -0.15) is 0 Å². The molecule has 0 radical (unpaired) electrons. The average molecular weight is 254 g/mol. The molecule has 19 heavy (non-hydrogen) atoms. The molecule has 0 N–H and O–H groups in total. The van der Waals surface area contributed by atoms with Crippen LogP contribution in [0.25, 0.3) is 5.57 Å². The Bertz CT molecular complexity index is 579. The molecule has 0 heterocycles. The molecular weight excluding hydrogens is 235 g/mol. The molecule has 0 unspecified atom stereocenters. The molecule has 1 aromatic carbocycles. The van der Waals surface area contributed by atoms with Gasteiger partial charge in [-0.15, -0.1) is 0 Å². The monoisotopic (exact) mass is 254 g/mol. The van der Waals surface area contributed by atoms with Crippen LogP contribution >= 0.6 is 0 Å². The van der Waals surface area contributed by atoms with E-state index in [1.807, 2.05) is 6.08 Å². The summed E-state index contributed by atoms with van der Waals surface area (Å²) in [6.07, 6.45) is 8.31. The maximum Gasteiger partial charge on any atom is 0.0971 e. The van der Waals surface area contributed by atoms with Gasteiger partial charge in [-0.25, -0.2) is 4.39 Å². The Balaban J connectivity index is 2.29. The van der Waals surface area contributed by atoms with Gasteiger partial charge < -0.3 is 0 Å². The lowest BCUT2D eigenvalue weighted by atomic mass is 9.75. The van der Waals surface area contributed by atoms with Crippen molar-refractivity contribution in [3.8, 4) is 0 Å². The molecule has 1 heteroatoms. The summed E-state index contributed by atoms with van der Waals surface area (Å²) < 4.78 is 13.5. The van der Waals surface area contributed by atoms with Gasteiger partial charge in [0.15, 0.2) is 0 Å². The number of hydrogen-bond acceptors (Lipinski definition) is 0. The van der Waals surface area contributed by atoms with E-state index < -0.39 is 0 Å². The third-order valence-electron chi connectivity index (χ3n) is 4.54. The van der Waals surface area contributed by atoms with Crippen LogP contribution in [0.2, 0.25) is 0 Å². The number of hydrogen-bond donors (Lipinski definition) is 0. The second-order valence-electron chi connectivity index (χ2n) is 5.60. The van der Waals surface area contributed by atoms with Crippen LogP contribution < -0.4 is 0 Å². The molecule has 1 aromatic rings. The first-order valence-corrected chi connectivity index (χ1v) is 7.00. The SMILES string of the molecule is C=CC1=C(/C=C(\C)F)C2(CCCC2)c2ccccc21. The van der Waals surface area contributed by atoms with Gasteiger partial charge in [0.25, 0.3) is 0 Å². The summed E-state index contributed by atoms with van der Waals surface area (Å²) in [5.41, 5.74) is 4.91. The third kappa shape index (κ3) is 1.72. The lowest BCUT2D eigenvalue weighted by molar-refractivity contribution is 0.539. The van der Waals surface area contributed by atoms with Crippen molar-refractivity contribution in [3.05, 3.63) is 65.5 Å². The van der Waals surface area contributed by atoms with Crippen LogP contribution in [0.5, 0.6) is 0 Å². The molecule has 98 valence electrons. The molecule has 0 nitrogen and oxygen atoms in total. The Hall–Kier alpha value is -1.63. The standard InChI is InChI=1S/C18H19F/c1-3-14-15-8-4-5-9-16(15)18(10-6-7-11-18)17(14)12-13(2)19/h3-5,8-9,12H,1,6-7,10-11H2,2H3/b13-12+. The minimum Gasteiger partial charge on any atom is -0.212 e. The van der Waals surface area contributed by atoms with Gasteiger partial charge in [-0.1, -0.05) is 49.8 Å². The highest BCUT2D eigenvalue weighted by molar-refractivity contribution is 5.87. The molecule has 1 saturated carbocycles. The van der Waals surface area contributed by atoms with Gasteiger partial charge in [0, 0.05) is 5.41 Å². The third-order valence-corrected chi connectivity index (χ3v) is 4.54. The summed E-state index contributed by atoms with van der Waals surface area (Å²) in [4.78, 5) is 0. The van der Waals surface area contributed by atoms with E-state index in [1.54, 1.807) is 6.08 Å². The van der Waals surface area contributed by atoms with E-state index in [2.05, 4.69) is 30.8 Å². The van der Waals surface area contributed by atoms with E-state index in [4.69, 9.17) is 0 Å². The lowest BCUT2D eigenvalue weighted by Crippen LogP contribution is -2.21. The van der Waals surface area contributed by atoms with Gasteiger partial charge in [-0.3, -0.25) is 0 Å². The van der Waals surface area contributed by atoms with E-state index in [0.29, 0.717) is 0 Å². The summed E-state index contributed by atoms with van der Waals surface area (Å²) in [7, 11) is 0. The van der Waals surface area contributed by atoms with Crippen LogP contribution in [-0.2, 0) is 5.41 Å². The largest absolute Gasteiger partial charge is 0.212 e. The summed E-state index contributed by atoms with van der Waals surface area (Å²) in [6, 6.07) is 8.49. The number of halogens is 1. The predicted octanol–water partition coefficient (Wildman–Crippen LogP) is 5.32. The van der Waals surface area contributed by atoms with Crippen molar-refractivity contribution in [1.82, 2.24) is 0 Å². The second kappa shape index (κ2) is 4.48. The quantitative estimate of drug-likeness (QED) is 0.669. The van der Waals surface area contributed by atoms with Crippen LogP contribution in [0.15, 0.2) is 54.4 Å². The molecule has 2 aliphatic carbocycles. The molecule has 1 fully saturated rings. The Morgan fingerprint density at radius 3 is 2.58 bits per heavy atom. The van der Waals surface area contributed by atoms with Crippen LogP contribution in [0.3, 0.4) is 0 Å². The molecular formula is C18H19F. The maximum atomic E-state index is 13.5. The molecule has 0 bridgehead atoms. The second-order valence-corrected chi connectivity index (χ2v) is 5.60. The fourth-order valence-corrected chi connectivity index (χ4v) is 3.84. The van der Waals surface area contributed by atoms with Crippen molar-refractivity contribution in [2.45, 2.75) is 38.0 Å². The van der Waals surface area contributed by atoms with Crippen molar-refractivity contribution in [1.29, 1.82) is 0 Å². The first-order chi connectivity index (χ1) is 9.19. The van der Waals surface area contributed by atoms with Crippen LogP contribution in [0, 0.1) is 0 Å². The van der Waals surface area contributed by atoms with Gasteiger partial charge in [0.05, 0.1) is 5.83 Å². The van der Waals surface area contributed by atoms with Crippen LogP contribution in [0.4, 0.5) is 4.39 Å². The molecule has 0 aromatic heterocycles. The lowest BCUT2D eigenvalue weighted by Gasteiger charge is -2.27. The number of fused-ring (bicyclic) bond motifs is 2. The van der Waals surface area contributed by atoms with Gasteiger partial charge in [0.2, 0.25) is 0 Å². The van der Waals surface area contributed by atoms with Gasteiger partial charge >= 0.3 is 0 Å². The average Bonchev–Trinajstić information content (AvgIpc) is 2.97. The van der Waals surface area contributed by atoms with Crippen molar-refractivity contribution in [3.63, 3.8) is 0 Å². The Labute approximate surface area is 114 Å². The Kier molecular flexibility index (Phi) is 2.93. The van der Waals surface area contributed by atoms with Gasteiger partial charge in [0.1, 0.15) is 0 Å². The fraction of sp³-hybridized carbons (Fsp3) is 0.333. The molecule has 0 atom stereocenters. The van der Waals surface area contributed by atoms with Crippen molar-refractivity contribution < 1.29 is 4.39 Å². The predicted molar refractivity (Wildman–Crippen MR) is 78.6 cm³/mol. The highest BCUT2D eigenvalue weighted by Crippen LogP contribution is 2.56. The smallest absolute Gasteiger partial charge is 0.0971 e. The fourth-order valence-electron chi connectivity index (χ4n) is 3.84. The summed E-state index contributed by atoms with van der Waals surface area (Å²) in [5.74, 6) is -0.117. The Morgan fingerprint density at radius 2 is 1.95 bits per heavy atom. The molecule has 1 spiro atoms. The van der Waals surface area contributed by atoms with Crippen molar-refractivity contribution in [2.75, 3.05) is 0 Å². The van der Waals surface area contributed by atoms with E-state index >= 15 is 0 Å². The van der Waals surface area contributed by atoms with Gasteiger partial charge in [-0.05, 0) is 48.1 Å². The molecule has 0 aliphatic heterocycles. The zero-order valence-electron chi connectivity index (χ0n) is 11.4. The first-order valence-electron chi connectivity index (χ1n) is 7.00. The number of allylic oxidation sites excluding steroid dienone is 5. The van der Waals surface area contributed by atoms with E-state index in [9.17, 15) is 4.39 Å². The maximum absolute atomic E-state index is 13.5. The van der Waals surface area contributed by atoms with Crippen LogP contribution in [-0.4, -0.2) is 0 Å². The summed E-state index contributed by atoms with van der Waals surface area (Å²) in [6.45, 7) is 5.47. The molecule has 0 amide bonds. The van der Waals surface area contributed by atoms with Crippen molar-refractivity contribution in [2.24, 2.45) is 0 Å². The minimum atomic E-state index is -0.117. The minimum absolute atomic E-state index is 0.0352. The normalized spacial score (nSPS) is 21.1. The zero-order chi connectivity index (χ0) is 13.5. The van der Waals surface area contributed by atoms with Crippen LogP contribution in [0.1, 0.15) is 43.7 Å². The highest BCUT2D eigenvalue weighted by atomic mass is 19.1. The molecule has 3 rings (SSSR count). The van der Waals surface area contributed by atoms with Crippen molar-refractivity contribution >= 4 is 5.57 Å². The number of rotatable bonds is 2. The van der Waals surface area contributed by atoms with E-state index in [1.165, 1.54) is 30.9 Å². The van der Waals surface area contributed by atoms with E-state index in [-0.39, 0.29) is 11.2 Å². The molecule has 2 aliphatic rings. The summed E-state index contributed by atoms with van der Waals surface area (Å²) >= 11 is 0. The number of benzene rings is 1. The first kappa shape index (κ1) is 12.4.